The van der Waals surface area contributed by atoms with Gasteiger partial charge in [-0.15, -0.1) is 0 Å². The molecule has 2 heterocycles. The number of aromatic amines is 1. The third kappa shape index (κ3) is 1.81. The van der Waals surface area contributed by atoms with Gasteiger partial charge in [0.1, 0.15) is 0 Å². The zero-order chi connectivity index (χ0) is 12.5. The van der Waals surface area contributed by atoms with Gasteiger partial charge in [0.2, 0.25) is 5.91 Å². The summed E-state index contributed by atoms with van der Waals surface area (Å²) in [5.41, 5.74) is 1.39. The minimum absolute atomic E-state index is 0.114. The Hall–Kier alpha value is -2.37. The SMILES string of the molecule is O=C1CN(C(=O)c2ccc3cn[nH]c3c2)CCN1. The molecule has 1 saturated heterocycles. The molecule has 0 aliphatic carbocycles. The largest absolute Gasteiger partial charge is 0.353 e. The van der Waals surface area contributed by atoms with Gasteiger partial charge in [-0.2, -0.15) is 5.10 Å². The highest BCUT2D eigenvalue weighted by Crippen LogP contribution is 2.14. The molecule has 2 aromatic rings. The van der Waals surface area contributed by atoms with Gasteiger partial charge in [-0.25, -0.2) is 0 Å². The van der Waals surface area contributed by atoms with E-state index in [1.54, 1.807) is 23.2 Å². The molecule has 1 fully saturated rings. The van der Waals surface area contributed by atoms with Crippen molar-refractivity contribution in [2.45, 2.75) is 0 Å². The molecule has 1 aromatic heterocycles. The number of amides is 2. The van der Waals surface area contributed by atoms with Crippen molar-refractivity contribution in [2.24, 2.45) is 0 Å². The molecule has 1 aromatic carbocycles. The van der Waals surface area contributed by atoms with E-state index in [-0.39, 0.29) is 18.4 Å². The summed E-state index contributed by atoms with van der Waals surface area (Å²) < 4.78 is 0. The molecule has 1 aliphatic rings. The summed E-state index contributed by atoms with van der Waals surface area (Å²) in [4.78, 5) is 25.0. The number of hydrogen-bond acceptors (Lipinski definition) is 3. The lowest BCUT2D eigenvalue weighted by atomic mass is 10.1. The van der Waals surface area contributed by atoms with E-state index < -0.39 is 0 Å². The van der Waals surface area contributed by atoms with Crippen LogP contribution in [-0.2, 0) is 4.79 Å². The van der Waals surface area contributed by atoms with Crippen LogP contribution in [0.3, 0.4) is 0 Å². The molecule has 2 N–H and O–H groups in total. The van der Waals surface area contributed by atoms with Gasteiger partial charge in [0.05, 0.1) is 18.3 Å². The van der Waals surface area contributed by atoms with E-state index in [9.17, 15) is 9.59 Å². The van der Waals surface area contributed by atoms with Gasteiger partial charge < -0.3 is 10.2 Å². The number of piperazine rings is 1. The fourth-order valence-corrected chi connectivity index (χ4v) is 2.06. The Morgan fingerprint density at radius 1 is 1.39 bits per heavy atom. The minimum atomic E-state index is -0.124. The van der Waals surface area contributed by atoms with Gasteiger partial charge in [0, 0.05) is 24.0 Å². The lowest BCUT2D eigenvalue weighted by Crippen LogP contribution is -2.49. The second kappa shape index (κ2) is 4.14. The van der Waals surface area contributed by atoms with Crippen molar-refractivity contribution in [3.05, 3.63) is 30.0 Å². The molecule has 6 heteroatoms. The first kappa shape index (κ1) is 10.8. The summed E-state index contributed by atoms with van der Waals surface area (Å²) in [6, 6.07) is 5.36. The van der Waals surface area contributed by atoms with Crippen molar-refractivity contribution in [3.63, 3.8) is 0 Å². The number of carbonyl (C=O) groups is 2. The molecule has 2 amide bonds. The molecule has 0 unspecified atom stereocenters. The Morgan fingerprint density at radius 2 is 2.28 bits per heavy atom. The number of aromatic nitrogens is 2. The maximum atomic E-state index is 12.2. The zero-order valence-electron chi connectivity index (χ0n) is 9.64. The third-order valence-corrected chi connectivity index (χ3v) is 3.01. The smallest absolute Gasteiger partial charge is 0.254 e. The molecule has 0 spiro atoms. The fourth-order valence-electron chi connectivity index (χ4n) is 2.06. The van der Waals surface area contributed by atoms with Crippen LogP contribution in [0, 0.1) is 0 Å². The van der Waals surface area contributed by atoms with Crippen LogP contribution in [0.5, 0.6) is 0 Å². The van der Waals surface area contributed by atoms with Crippen LogP contribution in [0.2, 0.25) is 0 Å². The van der Waals surface area contributed by atoms with Crippen LogP contribution in [0.25, 0.3) is 10.9 Å². The average molecular weight is 244 g/mol. The van der Waals surface area contributed by atoms with E-state index in [1.165, 1.54) is 0 Å². The predicted octanol–water partition coefficient (Wildman–Crippen LogP) is 0.135. The molecule has 0 radical (unpaired) electrons. The van der Waals surface area contributed by atoms with Crippen LogP contribution in [0.4, 0.5) is 0 Å². The lowest BCUT2D eigenvalue weighted by molar-refractivity contribution is -0.123. The highest BCUT2D eigenvalue weighted by Gasteiger charge is 2.22. The molecule has 6 nitrogen and oxygen atoms in total. The number of nitrogens with one attached hydrogen (secondary N) is 2. The lowest BCUT2D eigenvalue weighted by Gasteiger charge is -2.26. The summed E-state index contributed by atoms with van der Waals surface area (Å²) >= 11 is 0. The second-order valence-electron chi connectivity index (χ2n) is 4.25. The molecular formula is C12H12N4O2. The van der Waals surface area contributed by atoms with Crippen molar-refractivity contribution in [3.8, 4) is 0 Å². The summed E-state index contributed by atoms with van der Waals surface area (Å²) in [6.07, 6.45) is 1.71. The van der Waals surface area contributed by atoms with Crippen LogP contribution in [0.15, 0.2) is 24.4 Å². The molecule has 0 saturated carbocycles. The third-order valence-electron chi connectivity index (χ3n) is 3.01. The highest BCUT2D eigenvalue weighted by atomic mass is 16.2. The summed E-state index contributed by atoms with van der Waals surface area (Å²) in [6.45, 7) is 1.18. The van der Waals surface area contributed by atoms with Crippen LogP contribution >= 0.6 is 0 Å². The number of carbonyl (C=O) groups excluding carboxylic acids is 2. The number of fused-ring (bicyclic) bond motifs is 1. The molecule has 3 rings (SSSR count). The van der Waals surface area contributed by atoms with Gasteiger partial charge in [0.15, 0.2) is 0 Å². The topological polar surface area (TPSA) is 78.1 Å². The van der Waals surface area contributed by atoms with Gasteiger partial charge in [0.25, 0.3) is 5.91 Å². The first-order valence-corrected chi connectivity index (χ1v) is 5.73. The molecule has 1 aliphatic heterocycles. The Kier molecular flexibility index (Phi) is 2.47. The van der Waals surface area contributed by atoms with Crippen molar-refractivity contribution in [1.29, 1.82) is 0 Å². The first-order valence-electron chi connectivity index (χ1n) is 5.73. The van der Waals surface area contributed by atoms with Crippen LogP contribution in [0.1, 0.15) is 10.4 Å². The number of H-pyrrole nitrogens is 1. The molecular weight excluding hydrogens is 232 g/mol. The standard InChI is InChI=1S/C12H12N4O2/c17-11-7-16(4-3-13-11)12(18)8-1-2-9-6-14-15-10(9)5-8/h1-2,5-6H,3-4,7H2,(H,13,17)(H,14,15). The minimum Gasteiger partial charge on any atom is -0.353 e. The number of benzene rings is 1. The Bertz CT molecular complexity index is 619. The number of nitrogens with zero attached hydrogens (tertiary/aromatic N) is 2. The van der Waals surface area contributed by atoms with Gasteiger partial charge >= 0.3 is 0 Å². The average Bonchev–Trinajstić information content (AvgIpc) is 2.85. The zero-order valence-corrected chi connectivity index (χ0v) is 9.64. The summed E-state index contributed by atoms with van der Waals surface area (Å²) in [7, 11) is 0. The van der Waals surface area contributed by atoms with Crippen molar-refractivity contribution in [1.82, 2.24) is 20.4 Å². The maximum Gasteiger partial charge on any atom is 0.254 e. The van der Waals surface area contributed by atoms with Crippen LogP contribution in [-0.4, -0.2) is 46.5 Å². The van der Waals surface area contributed by atoms with E-state index in [0.717, 1.165) is 10.9 Å². The second-order valence-corrected chi connectivity index (χ2v) is 4.25. The monoisotopic (exact) mass is 244 g/mol. The summed E-state index contributed by atoms with van der Waals surface area (Å²) in [5, 5.41) is 10.4. The van der Waals surface area contributed by atoms with Gasteiger partial charge in [-0.05, 0) is 12.1 Å². The number of hydrogen-bond donors (Lipinski definition) is 2. The molecule has 92 valence electrons. The fraction of sp³-hybridized carbons (Fsp3) is 0.250. The number of rotatable bonds is 1. The Morgan fingerprint density at radius 3 is 3.11 bits per heavy atom. The molecule has 0 atom stereocenters. The van der Waals surface area contributed by atoms with E-state index in [2.05, 4.69) is 15.5 Å². The van der Waals surface area contributed by atoms with E-state index in [4.69, 9.17) is 0 Å². The Labute approximate surface area is 103 Å². The Balaban J connectivity index is 1.88. The maximum absolute atomic E-state index is 12.2. The van der Waals surface area contributed by atoms with Crippen molar-refractivity contribution < 1.29 is 9.59 Å². The summed E-state index contributed by atoms with van der Waals surface area (Å²) in [5.74, 6) is -0.237. The predicted molar refractivity (Wildman–Crippen MR) is 65.0 cm³/mol. The van der Waals surface area contributed by atoms with Gasteiger partial charge in [-0.1, -0.05) is 6.07 Å². The van der Waals surface area contributed by atoms with Crippen molar-refractivity contribution in [2.75, 3.05) is 19.6 Å². The highest BCUT2D eigenvalue weighted by molar-refractivity contribution is 5.99. The first-order chi connectivity index (χ1) is 8.74. The van der Waals surface area contributed by atoms with Gasteiger partial charge in [-0.3, -0.25) is 14.7 Å². The van der Waals surface area contributed by atoms with E-state index >= 15 is 0 Å². The molecule has 18 heavy (non-hydrogen) atoms. The van der Waals surface area contributed by atoms with E-state index in [0.29, 0.717) is 18.7 Å². The normalized spacial score (nSPS) is 15.8. The van der Waals surface area contributed by atoms with E-state index in [1.807, 2.05) is 6.07 Å². The quantitative estimate of drug-likeness (QED) is 0.748. The van der Waals surface area contributed by atoms with Crippen LogP contribution < -0.4 is 5.32 Å². The van der Waals surface area contributed by atoms with Crippen molar-refractivity contribution >= 4 is 22.7 Å². The molecule has 0 bridgehead atoms.